The third-order valence-electron chi connectivity index (χ3n) is 3.05. The van der Waals surface area contributed by atoms with E-state index in [0.717, 1.165) is 12.1 Å². The average molecular weight is 214 g/mol. The highest BCUT2D eigenvalue weighted by Crippen LogP contribution is 2.28. The molecule has 1 atom stereocenters. The number of nitrogens with two attached hydrogens (primary N) is 1. The van der Waals surface area contributed by atoms with E-state index < -0.39 is 0 Å². The minimum atomic E-state index is 0.482. The summed E-state index contributed by atoms with van der Waals surface area (Å²) in [6.07, 6.45) is 5.21. The first kappa shape index (κ1) is 10.8. The molecule has 1 aliphatic rings. The van der Waals surface area contributed by atoms with Crippen molar-refractivity contribution in [2.75, 3.05) is 11.9 Å². The van der Waals surface area contributed by atoms with Gasteiger partial charge in [0.25, 0.3) is 0 Å². The summed E-state index contributed by atoms with van der Waals surface area (Å²) >= 11 is 0. The van der Waals surface area contributed by atoms with Gasteiger partial charge in [-0.1, -0.05) is 31.2 Å². The number of anilines is 1. The van der Waals surface area contributed by atoms with E-state index in [4.69, 9.17) is 5.73 Å². The summed E-state index contributed by atoms with van der Waals surface area (Å²) < 4.78 is 0. The normalized spacial score (nSPS) is 20.0. The summed E-state index contributed by atoms with van der Waals surface area (Å²) in [6, 6.07) is 10.3. The molecule has 1 aliphatic carbocycles. The molecular weight excluding hydrogens is 196 g/mol. The van der Waals surface area contributed by atoms with Gasteiger partial charge in [0.1, 0.15) is 0 Å². The van der Waals surface area contributed by atoms with Crippen LogP contribution in [0, 0.1) is 5.92 Å². The molecule has 0 spiro atoms. The highest BCUT2D eigenvalue weighted by molar-refractivity contribution is 5.53. The first-order valence-corrected chi connectivity index (χ1v) is 5.65. The summed E-state index contributed by atoms with van der Waals surface area (Å²) in [5, 5.41) is 0. The van der Waals surface area contributed by atoms with E-state index in [-0.39, 0.29) is 0 Å². The number of rotatable bonds is 2. The third kappa shape index (κ3) is 1.96. The van der Waals surface area contributed by atoms with Gasteiger partial charge < -0.3 is 10.6 Å². The second-order valence-corrected chi connectivity index (χ2v) is 4.27. The maximum atomic E-state index is 6.06. The quantitative estimate of drug-likeness (QED) is 0.820. The van der Waals surface area contributed by atoms with Crippen molar-refractivity contribution in [1.29, 1.82) is 0 Å². The highest BCUT2D eigenvalue weighted by atomic mass is 15.1. The minimum Gasteiger partial charge on any atom is -0.397 e. The van der Waals surface area contributed by atoms with Crippen LogP contribution >= 0.6 is 0 Å². The van der Waals surface area contributed by atoms with Crippen LogP contribution < -0.4 is 10.6 Å². The van der Waals surface area contributed by atoms with Crippen molar-refractivity contribution in [1.82, 2.24) is 0 Å². The lowest BCUT2D eigenvalue weighted by Crippen LogP contribution is -2.26. The molecule has 2 N–H and O–H groups in total. The largest absolute Gasteiger partial charge is 0.397 e. The molecule has 0 saturated carbocycles. The molecular formula is C14H18N2. The van der Waals surface area contributed by atoms with Gasteiger partial charge in [0.15, 0.2) is 0 Å². The third-order valence-corrected chi connectivity index (χ3v) is 3.05. The molecule has 0 aliphatic heterocycles. The Labute approximate surface area is 97.1 Å². The Bertz CT molecular complexity index is 418. The summed E-state index contributed by atoms with van der Waals surface area (Å²) in [4.78, 5) is 2.18. The Morgan fingerprint density at radius 2 is 1.94 bits per heavy atom. The number of allylic oxidation sites excluding steroid dienone is 3. The Morgan fingerprint density at radius 3 is 2.56 bits per heavy atom. The first-order valence-electron chi connectivity index (χ1n) is 5.65. The molecule has 0 radical (unpaired) electrons. The van der Waals surface area contributed by atoms with Crippen molar-refractivity contribution in [3.63, 3.8) is 0 Å². The molecule has 1 aromatic carbocycles. The van der Waals surface area contributed by atoms with Crippen LogP contribution in [0.1, 0.15) is 13.3 Å². The minimum absolute atomic E-state index is 0.482. The van der Waals surface area contributed by atoms with E-state index >= 15 is 0 Å². The van der Waals surface area contributed by atoms with E-state index in [9.17, 15) is 0 Å². The van der Waals surface area contributed by atoms with E-state index in [2.05, 4.69) is 37.1 Å². The standard InChI is InChI=1S/C14H18N2/c1-11-7-6-10-13(15)14(11)16(2)12-8-4-3-5-9-12/h3-6,8-11H,7,15H2,1-2H3. The number of nitrogens with zero attached hydrogens (tertiary/aromatic N) is 1. The Balaban J connectivity index is 2.34. The maximum absolute atomic E-state index is 6.06. The van der Waals surface area contributed by atoms with Crippen LogP contribution in [-0.2, 0) is 0 Å². The average Bonchev–Trinajstić information content (AvgIpc) is 2.30. The Kier molecular flexibility index (Phi) is 3.00. The number of hydrogen-bond donors (Lipinski definition) is 1. The molecule has 16 heavy (non-hydrogen) atoms. The van der Waals surface area contributed by atoms with Crippen LogP contribution in [0.3, 0.4) is 0 Å². The van der Waals surface area contributed by atoms with Gasteiger partial charge in [-0.3, -0.25) is 0 Å². The molecule has 2 rings (SSSR count). The fourth-order valence-electron chi connectivity index (χ4n) is 2.20. The topological polar surface area (TPSA) is 29.3 Å². The molecule has 0 fully saturated rings. The van der Waals surface area contributed by atoms with Crippen molar-refractivity contribution in [3.8, 4) is 0 Å². The fraction of sp³-hybridized carbons (Fsp3) is 0.286. The van der Waals surface area contributed by atoms with Gasteiger partial charge in [-0.2, -0.15) is 0 Å². The van der Waals surface area contributed by atoms with Gasteiger partial charge in [-0.15, -0.1) is 0 Å². The van der Waals surface area contributed by atoms with E-state index in [1.165, 1.54) is 11.4 Å². The number of benzene rings is 1. The summed E-state index contributed by atoms with van der Waals surface area (Å²) in [6.45, 7) is 2.21. The molecule has 84 valence electrons. The molecule has 0 bridgehead atoms. The van der Waals surface area contributed by atoms with Crippen LogP contribution in [0.25, 0.3) is 0 Å². The molecule has 2 nitrogen and oxygen atoms in total. The molecule has 0 aromatic heterocycles. The summed E-state index contributed by atoms with van der Waals surface area (Å²) in [7, 11) is 2.08. The van der Waals surface area contributed by atoms with Gasteiger partial charge >= 0.3 is 0 Å². The zero-order valence-electron chi connectivity index (χ0n) is 9.85. The predicted molar refractivity (Wildman–Crippen MR) is 69.0 cm³/mol. The van der Waals surface area contributed by atoms with Crippen molar-refractivity contribution in [3.05, 3.63) is 53.9 Å². The molecule has 0 amide bonds. The van der Waals surface area contributed by atoms with Gasteiger partial charge in [-0.25, -0.2) is 0 Å². The molecule has 1 aromatic rings. The maximum Gasteiger partial charge on any atom is 0.0512 e. The lowest BCUT2D eigenvalue weighted by molar-refractivity contribution is 0.651. The number of para-hydroxylation sites is 1. The zero-order chi connectivity index (χ0) is 11.5. The molecule has 0 saturated heterocycles. The van der Waals surface area contributed by atoms with E-state index in [1.54, 1.807) is 0 Å². The van der Waals surface area contributed by atoms with Crippen LogP contribution in [0.15, 0.2) is 53.9 Å². The summed E-state index contributed by atoms with van der Waals surface area (Å²) in [5.41, 5.74) is 9.34. The van der Waals surface area contributed by atoms with Crippen LogP contribution in [-0.4, -0.2) is 7.05 Å². The number of hydrogen-bond acceptors (Lipinski definition) is 2. The van der Waals surface area contributed by atoms with Gasteiger partial charge in [0, 0.05) is 24.4 Å². The lowest BCUT2D eigenvalue weighted by Gasteiger charge is -2.30. The van der Waals surface area contributed by atoms with E-state index in [0.29, 0.717) is 5.92 Å². The van der Waals surface area contributed by atoms with Crippen LogP contribution in [0.4, 0.5) is 5.69 Å². The van der Waals surface area contributed by atoms with Crippen molar-refractivity contribution >= 4 is 5.69 Å². The second kappa shape index (κ2) is 4.44. The Morgan fingerprint density at radius 1 is 1.25 bits per heavy atom. The lowest BCUT2D eigenvalue weighted by atomic mass is 9.96. The second-order valence-electron chi connectivity index (χ2n) is 4.27. The van der Waals surface area contributed by atoms with E-state index in [1.807, 2.05) is 24.3 Å². The van der Waals surface area contributed by atoms with Crippen LogP contribution in [0.2, 0.25) is 0 Å². The van der Waals surface area contributed by atoms with Crippen molar-refractivity contribution in [2.24, 2.45) is 11.7 Å². The smallest absolute Gasteiger partial charge is 0.0512 e. The molecule has 0 heterocycles. The SMILES string of the molecule is CC1CC=CC(N)=C1N(C)c1ccccc1. The van der Waals surface area contributed by atoms with Gasteiger partial charge in [0.05, 0.1) is 5.70 Å². The van der Waals surface area contributed by atoms with Gasteiger partial charge in [0.2, 0.25) is 0 Å². The molecule has 1 unspecified atom stereocenters. The monoisotopic (exact) mass is 214 g/mol. The first-order chi connectivity index (χ1) is 7.70. The predicted octanol–water partition coefficient (Wildman–Crippen LogP) is 2.89. The van der Waals surface area contributed by atoms with Crippen LogP contribution in [0.5, 0.6) is 0 Å². The summed E-state index contributed by atoms with van der Waals surface area (Å²) in [5.74, 6) is 0.482. The van der Waals surface area contributed by atoms with Crippen molar-refractivity contribution in [2.45, 2.75) is 13.3 Å². The fourth-order valence-corrected chi connectivity index (χ4v) is 2.20. The van der Waals surface area contributed by atoms with Crippen molar-refractivity contribution < 1.29 is 0 Å². The zero-order valence-corrected chi connectivity index (χ0v) is 9.85. The molecule has 2 heteroatoms. The highest BCUT2D eigenvalue weighted by Gasteiger charge is 2.18. The Hall–Kier alpha value is -1.70. The van der Waals surface area contributed by atoms with Gasteiger partial charge in [-0.05, 0) is 24.6 Å².